The van der Waals surface area contributed by atoms with Gasteiger partial charge >= 0.3 is 5.97 Å². The second kappa shape index (κ2) is 14.5. The molecule has 0 aliphatic heterocycles. The van der Waals surface area contributed by atoms with Crippen LogP contribution in [0, 0.1) is 6.92 Å². The van der Waals surface area contributed by atoms with E-state index in [2.05, 4.69) is 59.3 Å². The van der Waals surface area contributed by atoms with Gasteiger partial charge in [-0.25, -0.2) is 0 Å². The van der Waals surface area contributed by atoms with E-state index in [1.165, 1.54) is 12.7 Å². The van der Waals surface area contributed by atoms with Crippen LogP contribution in [0.15, 0.2) is 23.2 Å². The molecule has 7 heteroatoms. The molecule has 0 fully saturated rings. The molecule has 1 atom stereocenters. The van der Waals surface area contributed by atoms with Crippen molar-refractivity contribution >= 4 is 35.9 Å². The van der Waals surface area contributed by atoms with Gasteiger partial charge in [-0.05, 0) is 44.7 Å². The van der Waals surface area contributed by atoms with Gasteiger partial charge in [-0.1, -0.05) is 19.1 Å². The molecule has 0 aliphatic rings. The van der Waals surface area contributed by atoms with Gasteiger partial charge in [-0.2, -0.15) is 0 Å². The Morgan fingerprint density at radius 3 is 2.63 bits per heavy atom. The van der Waals surface area contributed by atoms with Crippen LogP contribution < -0.4 is 15.4 Å². The number of aliphatic imine (C=N–C) groups is 1. The molecule has 0 aliphatic carbocycles. The quantitative estimate of drug-likeness (QED) is 0.171. The molecule has 1 aromatic rings. The van der Waals surface area contributed by atoms with Crippen LogP contribution in [0.25, 0.3) is 0 Å². The molecule has 1 rings (SSSR count). The first-order valence-electron chi connectivity index (χ1n) is 9.27. The number of unbranched alkanes of at least 4 members (excludes halogenated alkanes) is 1. The molecule has 154 valence electrons. The number of rotatable bonds is 10. The predicted octanol–water partition coefficient (Wildman–Crippen LogP) is 3.80. The first-order valence-corrected chi connectivity index (χ1v) is 9.27. The fourth-order valence-corrected chi connectivity index (χ4v) is 2.32. The van der Waals surface area contributed by atoms with Gasteiger partial charge in [0.2, 0.25) is 0 Å². The number of carbonyl (C=O) groups excluding carboxylic acids is 1. The highest BCUT2D eigenvalue weighted by Crippen LogP contribution is 2.22. The highest BCUT2D eigenvalue weighted by molar-refractivity contribution is 14.0. The molecule has 0 saturated heterocycles. The lowest BCUT2D eigenvalue weighted by atomic mass is 10.1. The molecule has 0 spiro atoms. The minimum absolute atomic E-state index is 0. The summed E-state index contributed by atoms with van der Waals surface area (Å²) in [4.78, 5) is 15.3. The number of hydrogen-bond acceptors (Lipinski definition) is 4. The molecule has 0 bridgehead atoms. The normalized spacial score (nSPS) is 12.0. The van der Waals surface area contributed by atoms with E-state index in [4.69, 9.17) is 4.74 Å². The van der Waals surface area contributed by atoms with E-state index in [0.717, 1.165) is 43.1 Å². The first kappa shape index (κ1) is 25.5. The maximum atomic E-state index is 11.1. The summed E-state index contributed by atoms with van der Waals surface area (Å²) in [7, 11) is 3.16. The summed E-state index contributed by atoms with van der Waals surface area (Å²) in [6, 6.07) is 6.25. The highest BCUT2D eigenvalue weighted by Gasteiger charge is 2.09. The third kappa shape index (κ3) is 10.4. The van der Waals surface area contributed by atoms with Crippen molar-refractivity contribution in [2.75, 3.05) is 20.7 Å². The fraction of sp³-hybridized carbons (Fsp3) is 0.600. The number of guanidine groups is 1. The number of benzene rings is 1. The van der Waals surface area contributed by atoms with Gasteiger partial charge in [0, 0.05) is 32.1 Å². The molecule has 1 aromatic carbocycles. The summed E-state index contributed by atoms with van der Waals surface area (Å²) in [6.45, 7) is 7.64. The Bertz CT molecular complexity index is 594. The van der Waals surface area contributed by atoms with Gasteiger partial charge in [-0.15, -0.1) is 24.0 Å². The molecular weight excluding hydrogens is 457 g/mol. The Morgan fingerprint density at radius 2 is 2.00 bits per heavy atom. The number of methoxy groups -OCH3 is 1. The van der Waals surface area contributed by atoms with Gasteiger partial charge in [0.1, 0.15) is 5.75 Å². The van der Waals surface area contributed by atoms with Gasteiger partial charge in [0.15, 0.2) is 5.96 Å². The van der Waals surface area contributed by atoms with Crippen LogP contribution in [-0.4, -0.2) is 38.7 Å². The SMILES string of the molecule is CCC(C)Oc1cc(C)ccc1CNC(=NC)NCCCCC(=O)OC.I. The smallest absolute Gasteiger partial charge is 0.305 e. The zero-order valence-electron chi connectivity index (χ0n) is 17.1. The Hall–Kier alpha value is -1.51. The number of aryl methyl sites for hydroxylation is 1. The highest BCUT2D eigenvalue weighted by atomic mass is 127. The third-order valence-corrected chi connectivity index (χ3v) is 4.12. The number of ether oxygens (including phenoxy) is 2. The summed E-state index contributed by atoms with van der Waals surface area (Å²) in [6.07, 6.45) is 3.27. The number of halogens is 1. The largest absolute Gasteiger partial charge is 0.490 e. The summed E-state index contributed by atoms with van der Waals surface area (Å²) >= 11 is 0. The standard InChI is InChI=1S/C20H33N3O3.HI/c1-6-16(3)26-18-13-15(2)10-11-17(18)14-23-20(21-4)22-12-8-7-9-19(24)25-5;/h10-11,13,16H,6-9,12,14H2,1-5H3,(H2,21,22,23);1H. The monoisotopic (exact) mass is 491 g/mol. The Balaban J connectivity index is 0.00000676. The van der Waals surface area contributed by atoms with Gasteiger partial charge in [-0.3, -0.25) is 9.79 Å². The minimum atomic E-state index is -0.166. The summed E-state index contributed by atoms with van der Waals surface area (Å²) in [5.74, 6) is 1.49. The maximum absolute atomic E-state index is 11.1. The van der Waals surface area contributed by atoms with Crippen molar-refractivity contribution in [3.05, 3.63) is 29.3 Å². The number of carbonyl (C=O) groups is 1. The number of esters is 1. The molecule has 27 heavy (non-hydrogen) atoms. The van der Waals surface area contributed by atoms with Crippen molar-refractivity contribution in [3.8, 4) is 5.75 Å². The Kier molecular flexibility index (Phi) is 13.7. The summed E-state index contributed by atoms with van der Waals surface area (Å²) in [5, 5.41) is 6.58. The van der Waals surface area contributed by atoms with E-state index < -0.39 is 0 Å². The first-order chi connectivity index (χ1) is 12.5. The van der Waals surface area contributed by atoms with E-state index in [-0.39, 0.29) is 36.0 Å². The molecule has 0 amide bonds. The van der Waals surface area contributed by atoms with Crippen LogP contribution in [0.5, 0.6) is 5.75 Å². The molecule has 0 saturated carbocycles. The molecule has 6 nitrogen and oxygen atoms in total. The molecule has 0 aromatic heterocycles. The molecule has 0 heterocycles. The van der Waals surface area contributed by atoms with Crippen LogP contribution in [0.1, 0.15) is 50.7 Å². The summed E-state index contributed by atoms with van der Waals surface area (Å²) < 4.78 is 10.7. The van der Waals surface area contributed by atoms with Crippen LogP contribution >= 0.6 is 24.0 Å². The van der Waals surface area contributed by atoms with E-state index in [1.807, 2.05) is 0 Å². The van der Waals surface area contributed by atoms with Crippen LogP contribution in [0.3, 0.4) is 0 Å². The minimum Gasteiger partial charge on any atom is -0.490 e. The molecular formula is C20H34IN3O3. The zero-order chi connectivity index (χ0) is 19.4. The van der Waals surface area contributed by atoms with Crippen LogP contribution in [0.4, 0.5) is 0 Å². The van der Waals surface area contributed by atoms with Crippen molar-refractivity contribution < 1.29 is 14.3 Å². The second-order valence-electron chi connectivity index (χ2n) is 6.33. The maximum Gasteiger partial charge on any atom is 0.305 e. The zero-order valence-corrected chi connectivity index (χ0v) is 19.5. The number of nitrogens with zero attached hydrogens (tertiary/aromatic N) is 1. The Morgan fingerprint density at radius 1 is 1.26 bits per heavy atom. The van der Waals surface area contributed by atoms with E-state index >= 15 is 0 Å². The average Bonchev–Trinajstić information content (AvgIpc) is 2.64. The second-order valence-corrected chi connectivity index (χ2v) is 6.33. The van der Waals surface area contributed by atoms with Crippen LogP contribution in [-0.2, 0) is 16.1 Å². The summed E-state index contributed by atoms with van der Waals surface area (Å²) in [5.41, 5.74) is 2.28. The van der Waals surface area contributed by atoms with Gasteiger partial charge < -0.3 is 20.1 Å². The van der Waals surface area contributed by atoms with Crippen LogP contribution in [0.2, 0.25) is 0 Å². The third-order valence-electron chi connectivity index (χ3n) is 4.12. The Labute approximate surface area is 180 Å². The molecule has 0 radical (unpaired) electrons. The van der Waals surface area contributed by atoms with E-state index in [0.29, 0.717) is 13.0 Å². The fourth-order valence-electron chi connectivity index (χ4n) is 2.32. The van der Waals surface area contributed by atoms with E-state index in [9.17, 15) is 4.79 Å². The topological polar surface area (TPSA) is 72.0 Å². The van der Waals surface area contributed by atoms with Crippen molar-refractivity contribution in [1.82, 2.24) is 10.6 Å². The van der Waals surface area contributed by atoms with Crippen molar-refractivity contribution in [2.24, 2.45) is 4.99 Å². The van der Waals surface area contributed by atoms with Crippen molar-refractivity contribution in [1.29, 1.82) is 0 Å². The van der Waals surface area contributed by atoms with Crippen molar-refractivity contribution in [2.45, 2.75) is 59.1 Å². The average molecular weight is 491 g/mol. The predicted molar refractivity (Wildman–Crippen MR) is 121 cm³/mol. The lowest BCUT2D eigenvalue weighted by Gasteiger charge is -2.18. The van der Waals surface area contributed by atoms with Crippen molar-refractivity contribution in [3.63, 3.8) is 0 Å². The van der Waals surface area contributed by atoms with Gasteiger partial charge in [0.25, 0.3) is 0 Å². The molecule has 2 N–H and O–H groups in total. The number of hydrogen-bond donors (Lipinski definition) is 2. The van der Waals surface area contributed by atoms with Gasteiger partial charge in [0.05, 0.1) is 13.2 Å². The molecule has 1 unspecified atom stereocenters. The lowest BCUT2D eigenvalue weighted by Crippen LogP contribution is -2.37. The van der Waals surface area contributed by atoms with E-state index in [1.54, 1.807) is 7.05 Å². The lowest BCUT2D eigenvalue weighted by molar-refractivity contribution is -0.140. The number of nitrogens with one attached hydrogen (secondary N) is 2.